The molecule has 0 aliphatic heterocycles. The van der Waals surface area contributed by atoms with E-state index in [1.807, 2.05) is 20.8 Å². The second kappa shape index (κ2) is 8.71. The molecule has 0 heterocycles. The largest absolute Gasteiger partial charge is 0.494 e. The number of ether oxygens (including phenoxy) is 1. The van der Waals surface area contributed by atoms with Crippen LogP contribution in [0.2, 0.25) is 0 Å². The van der Waals surface area contributed by atoms with Crippen LogP contribution in [0.15, 0.2) is 53.4 Å². The van der Waals surface area contributed by atoms with Crippen molar-refractivity contribution in [2.75, 3.05) is 11.3 Å². The topological polar surface area (TPSA) is 84.5 Å². The lowest BCUT2D eigenvalue weighted by Crippen LogP contribution is -2.31. The Hall–Kier alpha value is -2.54. The zero-order valence-corrected chi connectivity index (χ0v) is 16.0. The maximum Gasteiger partial charge on any atom is 0.261 e. The lowest BCUT2D eigenvalue weighted by atomic mass is 10.2. The maximum atomic E-state index is 12.5. The van der Waals surface area contributed by atoms with Crippen molar-refractivity contribution in [3.8, 4) is 5.75 Å². The van der Waals surface area contributed by atoms with Crippen LogP contribution in [0.4, 0.5) is 5.69 Å². The van der Waals surface area contributed by atoms with Crippen LogP contribution < -0.4 is 14.8 Å². The van der Waals surface area contributed by atoms with E-state index in [0.29, 0.717) is 23.6 Å². The molecule has 0 bridgehead atoms. The molecule has 2 N–H and O–H groups in total. The highest BCUT2D eigenvalue weighted by Crippen LogP contribution is 2.20. The van der Waals surface area contributed by atoms with Crippen LogP contribution in [0, 0.1) is 0 Å². The number of benzene rings is 2. The monoisotopic (exact) mass is 376 g/mol. The third kappa shape index (κ3) is 5.23. The summed E-state index contributed by atoms with van der Waals surface area (Å²) in [6.07, 6.45) is 0.824. The standard InChI is InChI=1S/C19H24N2O4S/c1-4-14(3)20-19(22)15-6-12-18(13-7-15)26(23,24)21-16-8-10-17(11-9-16)25-5-2/h6-14,21H,4-5H2,1-3H3,(H,20,22)/t14-/m1/s1. The summed E-state index contributed by atoms with van der Waals surface area (Å²) in [6.45, 7) is 6.32. The van der Waals surface area contributed by atoms with Crippen molar-refractivity contribution in [3.05, 3.63) is 54.1 Å². The molecule has 140 valence electrons. The van der Waals surface area contributed by atoms with Crippen molar-refractivity contribution >= 4 is 21.6 Å². The predicted molar refractivity (Wildman–Crippen MR) is 102 cm³/mol. The molecule has 0 saturated carbocycles. The molecule has 0 aromatic heterocycles. The Balaban J connectivity index is 2.10. The molecular formula is C19H24N2O4S. The number of hydrogen-bond donors (Lipinski definition) is 2. The summed E-state index contributed by atoms with van der Waals surface area (Å²) >= 11 is 0. The quantitative estimate of drug-likeness (QED) is 0.739. The van der Waals surface area contributed by atoms with Crippen LogP contribution in [-0.4, -0.2) is 27.0 Å². The van der Waals surface area contributed by atoms with Crippen LogP contribution in [0.3, 0.4) is 0 Å². The summed E-state index contributed by atoms with van der Waals surface area (Å²) in [5.74, 6) is 0.454. The summed E-state index contributed by atoms with van der Waals surface area (Å²) in [7, 11) is -3.73. The van der Waals surface area contributed by atoms with E-state index in [-0.39, 0.29) is 16.8 Å². The van der Waals surface area contributed by atoms with Crippen LogP contribution in [-0.2, 0) is 10.0 Å². The van der Waals surface area contributed by atoms with Crippen molar-refractivity contribution in [1.29, 1.82) is 0 Å². The van der Waals surface area contributed by atoms with Gasteiger partial charge in [0.05, 0.1) is 11.5 Å². The minimum absolute atomic E-state index is 0.0623. The first-order valence-corrected chi connectivity index (χ1v) is 10.0. The van der Waals surface area contributed by atoms with Gasteiger partial charge in [-0.2, -0.15) is 0 Å². The molecule has 6 nitrogen and oxygen atoms in total. The van der Waals surface area contributed by atoms with Gasteiger partial charge in [-0.3, -0.25) is 9.52 Å². The first kappa shape index (κ1) is 19.8. The van der Waals surface area contributed by atoms with Crippen molar-refractivity contribution in [3.63, 3.8) is 0 Å². The summed E-state index contributed by atoms with van der Waals surface area (Å²) in [4.78, 5) is 12.2. The molecule has 7 heteroatoms. The number of anilines is 1. The molecular weight excluding hydrogens is 352 g/mol. The lowest BCUT2D eigenvalue weighted by molar-refractivity contribution is 0.0939. The van der Waals surface area contributed by atoms with E-state index in [2.05, 4.69) is 10.0 Å². The van der Waals surface area contributed by atoms with Gasteiger partial charge in [0.15, 0.2) is 0 Å². The highest BCUT2D eigenvalue weighted by molar-refractivity contribution is 7.92. The van der Waals surface area contributed by atoms with E-state index in [1.165, 1.54) is 24.3 Å². The molecule has 26 heavy (non-hydrogen) atoms. The zero-order valence-electron chi connectivity index (χ0n) is 15.2. The lowest BCUT2D eigenvalue weighted by Gasteiger charge is -2.12. The van der Waals surface area contributed by atoms with Gasteiger partial charge in [-0.1, -0.05) is 6.92 Å². The molecule has 1 atom stereocenters. The van der Waals surface area contributed by atoms with Gasteiger partial charge < -0.3 is 10.1 Å². The summed E-state index contributed by atoms with van der Waals surface area (Å²) in [6, 6.07) is 12.6. The first-order chi connectivity index (χ1) is 12.4. The second-order valence-electron chi connectivity index (χ2n) is 5.87. The molecule has 2 aromatic rings. The summed E-state index contributed by atoms with van der Waals surface area (Å²) < 4.78 is 32.8. The predicted octanol–water partition coefficient (Wildman–Crippen LogP) is 3.41. The normalized spacial score (nSPS) is 12.3. The molecule has 2 rings (SSSR count). The number of rotatable bonds is 8. The molecule has 0 spiro atoms. The van der Waals surface area contributed by atoms with Crippen molar-refractivity contribution < 1.29 is 17.9 Å². The highest BCUT2D eigenvalue weighted by atomic mass is 32.2. The number of carbonyl (C=O) groups excluding carboxylic acids is 1. The van der Waals surface area contributed by atoms with E-state index in [9.17, 15) is 13.2 Å². The zero-order chi connectivity index (χ0) is 19.2. The number of nitrogens with one attached hydrogen (secondary N) is 2. The minimum atomic E-state index is -3.73. The van der Waals surface area contributed by atoms with Crippen LogP contribution >= 0.6 is 0 Å². The number of sulfonamides is 1. The van der Waals surface area contributed by atoms with Crippen LogP contribution in [0.5, 0.6) is 5.75 Å². The third-order valence-electron chi connectivity index (χ3n) is 3.83. The fourth-order valence-electron chi connectivity index (χ4n) is 2.19. The molecule has 0 aliphatic carbocycles. The molecule has 0 fully saturated rings. The van der Waals surface area contributed by atoms with Gasteiger partial charge in [0.2, 0.25) is 0 Å². The average Bonchev–Trinajstić information content (AvgIpc) is 2.63. The molecule has 0 aliphatic rings. The van der Waals surface area contributed by atoms with Gasteiger partial charge >= 0.3 is 0 Å². The van der Waals surface area contributed by atoms with E-state index in [4.69, 9.17) is 4.74 Å². The van der Waals surface area contributed by atoms with Gasteiger partial charge in [-0.05, 0) is 68.8 Å². The SMILES string of the molecule is CCOc1ccc(NS(=O)(=O)c2ccc(C(=O)N[C@H](C)CC)cc2)cc1. The Morgan fingerprint density at radius 1 is 1.04 bits per heavy atom. The van der Waals surface area contributed by atoms with Gasteiger partial charge in [0.25, 0.3) is 15.9 Å². The summed E-state index contributed by atoms with van der Waals surface area (Å²) in [5.41, 5.74) is 0.859. The molecule has 2 aromatic carbocycles. The minimum Gasteiger partial charge on any atom is -0.494 e. The first-order valence-electron chi connectivity index (χ1n) is 8.52. The Bertz CT molecular complexity index is 831. The van der Waals surface area contributed by atoms with Crippen molar-refractivity contribution in [2.24, 2.45) is 0 Å². The number of amides is 1. The van der Waals surface area contributed by atoms with Gasteiger partial charge in [-0.25, -0.2) is 8.42 Å². The Labute approximate surface area is 154 Å². The van der Waals surface area contributed by atoms with Gasteiger partial charge in [-0.15, -0.1) is 0 Å². The molecule has 0 unspecified atom stereocenters. The number of hydrogen-bond acceptors (Lipinski definition) is 4. The highest BCUT2D eigenvalue weighted by Gasteiger charge is 2.16. The van der Waals surface area contributed by atoms with E-state index in [0.717, 1.165) is 6.42 Å². The van der Waals surface area contributed by atoms with E-state index in [1.54, 1.807) is 24.3 Å². The van der Waals surface area contributed by atoms with Crippen molar-refractivity contribution in [1.82, 2.24) is 5.32 Å². The second-order valence-corrected chi connectivity index (χ2v) is 7.55. The van der Waals surface area contributed by atoms with Gasteiger partial charge in [0, 0.05) is 17.3 Å². The Kier molecular flexibility index (Phi) is 6.63. The smallest absolute Gasteiger partial charge is 0.261 e. The fourth-order valence-corrected chi connectivity index (χ4v) is 3.25. The maximum absolute atomic E-state index is 12.5. The van der Waals surface area contributed by atoms with Crippen molar-refractivity contribution in [2.45, 2.75) is 38.1 Å². The average molecular weight is 376 g/mol. The number of carbonyl (C=O) groups is 1. The van der Waals surface area contributed by atoms with Gasteiger partial charge in [0.1, 0.15) is 5.75 Å². The van der Waals surface area contributed by atoms with E-state index < -0.39 is 10.0 Å². The van der Waals surface area contributed by atoms with E-state index >= 15 is 0 Å². The summed E-state index contributed by atoms with van der Waals surface area (Å²) in [5, 5.41) is 2.84. The molecule has 0 radical (unpaired) electrons. The third-order valence-corrected chi connectivity index (χ3v) is 5.23. The van der Waals surface area contributed by atoms with Crippen LogP contribution in [0.1, 0.15) is 37.6 Å². The Morgan fingerprint density at radius 3 is 2.19 bits per heavy atom. The van der Waals surface area contributed by atoms with Crippen LogP contribution in [0.25, 0.3) is 0 Å². The molecule has 1 amide bonds. The fraction of sp³-hybridized carbons (Fsp3) is 0.316. The Morgan fingerprint density at radius 2 is 1.65 bits per heavy atom. The molecule has 0 saturated heterocycles.